The van der Waals surface area contributed by atoms with Gasteiger partial charge in [0.2, 0.25) is 0 Å². The molecule has 0 amide bonds. The van der Waals surface area contributed by atoms with Gasteiger partial charge >= 0.3 is 5.97 Å². The van der Waals surface area contributed by atoms with Gasteiger partial charge in [0.05, 0.1) is 5.56 Å². The Labute approximate surface area is 438 Å². The van der Waals surface area contributed by atoms with Gasteiger partial charge in [0.15, 0.2) is 0 Å². The quantitative estimate of drug-likeness (QED) is 0.123. The van der Waals surface area contributed by atoms with Crippen molar-refractivity contribution in [2.45, 2.75) is 163 Å². The number of esters is 1. The number of carbonyl (C=O) groups is 1. The minimum absolute atomic E-state index is 0.0246. The average Bonchev–Trinajstić information content (AvgIpc) is 3.33. The molecule has 0 N–H and O–H groups in total. The van der Waals surface area contributed by atoms with Crippen molar-refractivity contribution in [2.24, 2.45) is 0 Å². The number of hydrogen-bond donors (Lipinski definition) is 0. The molecule has 0 fully saturated rings. The van der Waals surface area contributed by atoms with Crippen LogP contribution in [0.15, 0.2) is 140 Å². The largest absolute Gasteiger partial charge is 0.457 e. The zero-order valence-corrected chi connectivity index (χ0v) is 46.7. The van der Waals surface area contributed by atoms with E-state index in [1.165, 1.54) is 55.5 Å². The predicted molar refractivity (Wildman–Crippen MR) is 312 cm³/mol. The monoisotopic (exact) mass is 965 g/mol. The van der Waals surface area contributed by atoms with E-state index < -0.39 is 0 Å². The maximum Gasteiger partial charge on any atom is 0.338 e. The third-order valence-corrected chi connectivity index (χ3v) is 16.4. The van der Waals surface area contributed by atoms with Crippen molar-refractivity contribution >= 4 is 63.2 Å². The molecule has 0 saturated carbocycles. The maximum absolute atomic E-state index is 15.1. The van der Waals surface area contributed by atoms with Crippen LogP contribution in [0.25, 0.3) is 11.1 Å². The number of carbonyl (C=O) groups excluding carboxylic acids is 1. The van der Waals surface area contributed by atoms with Crippen molar-refractivity contribution in [1.29, 1.82) is 0 Å². The number of benzene rings is 7. The van der Waals surface area contributed by atoms with Crippen molar-refractivity contribution in [2.75, 3.05) is 9.80 Å². The lowest BCUT2D eigenvalue weighted by Crippen LogP contribution is -2.62. The van der Waals surface area contributed by atoms with Crippen LogP contribution < -0.4 is 26.2 Å². The van der Waals surface area contributed by atoms with Gasteiger partial charge in [-0.3, -0.25) is 0 Å². The molecule has 1 aliphatic carbocycles. The number of rotatable bonds is 6. The Balaban J connectivity index is 1.37. The van der Waals surface area contributed by atoms with E-state index in [0.717, 1.165) is 58.0 Å². The summed E-state index contributed by atoms with van der Waals surface area (Å²) in [6.45, 7) is 37.6. The van der Waals surface area contributed by atoms with E-state index in [0.29, 0.717) is 5.56 Å². The topological polar surface area (TPSA) is 32.8 Å². The van der Waals surface area contributed by atoms with Gasteiger partial charge in [0, 0.05) is 34.1 Å². The van der Waals surface area contributed by atoms with Crippen molar-refractivity contribution in [3.05, 3.63) is 184 Å². The maximum atomic E-state index is 15.1. The van der Waals surface area contributed by atoms with Gasteiger partial charge in [-0.1, -0.05) is 202 Å². The van der Waals surface area contributed by atoms with Crippen LogP contribution in [-0.4, -0.2) is 12.7 Å². The summed E-state index contributed by atoms with van der Waals surface area (Å²) in [5, 5.41) is 0. The minimum atomic E-state index is -0.347. The molecule has 10 rings (SSSR count). The van der Waals surface area contributed by atoms with Crippen LogP contribution in [-0.2, 0) is 43.8 Å². The molecule has 5 heteroatoms. The molecule has 3 aliphatic rings. The summed E-state index contributed by atoms with van der Waals surface area (Å²) in [7, 11) is 0. The first kappa shape index (κ1) is 50.2. The lowest BCUT2D eigenvalue weighted by Gasteiger charge is -2.48. The zero-order chi connectivity index (χ0) is 52.4. The first-order valence-corrected chi connectivity index (χ1v) is 26.8. The summed E-state index contributed by atoms with van der Waals surface area (Å²) in [6.07, 6.45) is 2.22. The van der Waals surface area contributed by atoms with Crippen LogP contribution in [0.4, 0.5) is 34.1 Å². The first-order chi connectivity index (χ1) is 34.1. The van der Waals surface area contributed by atoms with Gasteiger partial charge in [-0.05, 0) is 160 Å². The fourth-order valence-corrected chi connectivity index (χ4v) is 11.6. The molecule has 0 atom stereocenters. The molecule has 7 aromatic carbocycles. The van der Waals surface area contributed by atoms with Crippen LogP contribution in [0.5, 0.6) is 0 Å². The molecule has 0 bridgehead atoms. The molecule has 374 valence electrons. The Morgan fingerprint density at radius 2 is 0.918 bits per heavy atom. The molecular weight excluding hydrogens is 888 g/mol. The lowest BCUT2D eigenvalue weighted by molar-refractivity contribution is 0.0472. The van der Waals surface area contributed by atoms with E-state index in [4.69, 9.17) is 4.74 Å². The third-order valence-electron chi connectivity index (χ3n) is 16.4. The van der Waals surface area contributed by atoms with E-state index >= 15 is 4.79 Å². The summed E-state index contributed by atoms with van der Waals surface area (Å²) in [5.74, 6) is -0.347. The molecule has 0 unspecified atom stereocenters. The van der Waals surface area contributed by atoms with Gasteiger partial charge in [-0.25, -0.2) is 4.79 Å². The van der Waals surface area contributed by atoms with Crippen LogP contribution >= 0.6 is 0 Å². The molecule has 0 aromatic heterocycles. The summed E-state index contributed by atoms with van der Waals surface area (Å²) in [5.41, 5.74) is 21.3. The Kier molecular flexibility index (Phi) is 12.0. The van der Waals surface area contributed by atoms with Crippen LogP contribution in [0.1, 0.15) is 173 Å². The Hall–Kier alpha value is -6.33. The molecule has 2 heterocycles. The summed E-state index contributed by atoms with van der Waals surface area (Å²) in [6, 6.07) is 51.9. The fraction of sp³-hybridized carbons (Fsp3) is 0.368. The Morgan fingerprint density at radius 1 is 0.479 bits per heavy atom. The highest BCUT2D eigenvalue weighted by Gasteiger charge is 2.47. The molecular formula is C68H77BN2O2. The Bertz CT molecular complexity index is 3230. The highest BCUT2D eigenvalue weighted by molar-refractivity contribution is 7.00. The number of fused-ring (bicyclic) bond motifs is 5. The lowest BCUT2D eigenvalue weighted by atomic mass is 9.33. The summed E-state index contributed by atoms with van der Waals surface area (Å²) < 4.78 is 6.35. The van der Waals surface area contributed by atoms with Gasteiger partial charge in [0.25, 0.3) is 6.71 Å². The van der Waals surface area contributed by atoms with E-state index in [2.05, 4.69) is 230 Å². The predicted octanol–water partition coefficient (Wildman–Crippen LogP) is 16.3. The number of hydrogen-bond acceptors (Lipinski definition) is 4. The fourth-order valence-electron chi connectivity index (χ4n) is 11.6. The molecule has 4 nitrogen and oxygen atoms in total. The van der Waals surface area contributed by atoms with Crippen molar-refractivity contribution < 1.29 is 9.53 Å². The van der Waals surface area contributed by atoms with Crippen molar-refractivity contribution in [3.63, 3.8) is 0 Å². The number of anilines is 6. The van der Waals surface area contributed by atoms with Gasteiger partial charge in [-0.15, -0.1) is 0 Å². The van der Waals surface area contributed by atoms with E-state index in [-0.39, 0.29) is 51.8 Å². The minimum Gasteiger partial charge on any atom is -0.457 e. The smallest absolute Gasteiger partial charge is 0.338 e. The van der Waals surface area contributed by atoms with E-state index in [1.807, 2.05) is 30.3 Å². The Morgan fingerprint density at radius 3 is 1.38 bits per heavy atom. The molecule has 0 saturated heterocycles. The molecule has 2 aliphatic heterocycles. The van der Waals surface area contributed by atoms with Crippen LogP contribution in [0.2, 0.25) is 0 Å². The molecule has 7 aromatic rings. The zero-order valence-electron chi connectivity index (χ0n) is 46.7. The molecule has 0 spiro atoms. The molecule has 0 radical (unpaired) electrons. The second-order valence-corrected chi connectivity index (χ2v) is 27.0. The normalized spacial score (nSPS) is 15.8. The van der Waals surface area contributed by atoms with Crippen molar-refractivity contribution in [3.8, 4) is 11.1 Å². The summed E-state index contributed by atoms with van der Waals surface area (Å²) >= 11 is 0. The second kappa shape index (κ2) is 17.4. The van der Waals surface area contributed by atoms with Gasteiger partial charge < -0.3 is 14.5 Å². The van der Waals surface area contributed by atoms with Crippen molar-refractivity contribution in [1.82, 2.24) is 0 Å². The van der Waals surface area contributed by atoms with Gasteiger partial charge in [-0.2, -0.15) is 0 Å². The number of ether oxygens (including phenoxy) is 1. The van der Waals surface area contributed by atoms with E-state index in [1.54, 1.807) is 0 Å². The van der Waals surface area contributed by atoms with Crippen LogP contribution in [0.3, 0.4) is 0 Å². The second-order valence-electron chi connectivity index (χ2n) is 27.0. The average molecular weight is 965 g/mol. The van der Waals surface area contributed by atoms with E-state index in [9.17, 15) is 0 Å². The molecule has 73 heavy (non-hydrogen) atoms. The standard InChI is InChI=1S/C68H77BN2O2/c1-63(2,3)47-34-48(64(4,5)6)37-51(36-47)70-57-31-45(44-25-21-18-22-26-44)27-28-55(57)69-56-40-53-54(68(15,16)30-29-67(53,13)14)41-58(56)71(52-38-49(65(7,8)9)35-50(39-52)66(10,11)12)60-33-46(32-59(70)61(60)69)62(72)73-42-43-23-19-17-20-24-43/h17-28,31-41H,29-30,42H2,1-16H3. The highest BCUT2D eigenvalue weighted by Crippen LogP contribution is 2.52. The first-order valence-electron chi connectivity index (χ1n) is 26.8. The van der Waals surface area contributed by atoms with Gasteiger partial charge in [0.1, 0.15) is 6.61 Å². The SMILES string of the molecule is CC(C)(C)c1cc(N2c3cc(-c4ccccc4)ccc3B3c4cc5c(cc4N(c4cc(C(C)(C)C)cc(C(C)(C)C)c4)c4cc(C(=O)OCc6ccccc6)cc2c43)C(C)(C)CCC5(C)C)cc(C(C)(C)C)c1. The highest BCUT2D eigenvalue weighted by atomic mass is 16.5. The number of nitrogens with zero attached hydrogens (tertiary/aromatic N) is 2. The third kappa shape index (κ3) is 9.14. The van der Waals surface area contributed by atoms with Crippen LogP contribution in [0, 0.1) is 0 Å². The summed E-state index contributed by atoms with van der Waals surface area (Å²) in [4.78, 5) is 20.2.